The second-order valence-electron chi connectivity index (χ2n) is 2.87. The summed E-state index contributed by atoms with van der Waals surface area (Å²) in [5.74, 6) is 0.818. The van der Waals surface area contributed by atoms with Crippen LogP contribution in [0.15, 0.2) is 23.1 Å². The molecule has 1 N–H and O–H groups in total. The lowest BCUT2D eigenvalue weighted by Crippen LogP contribution is -2.04. The largest absolute Gasteiger partial charge is 0.387 e. The van der Waals surface area contributed by atoms with Gasteiger partial charge in [0.1, 0.15) is 7.85 Å². The molecule has 1 atom stereocenters. The van der Waals surface area contributed by atoms with Gasteiger partial charge in [-0.3, -0.25) is 0 Å². The monoisotopic (exact) mass is 164 g/mol. The molecule has 0 bridgehead atoms. The molecule has 1 aromatic rings. The SMILES string of the molecule is Bc1ccc2c(c1)C(O)CS2. The molecular weight excluding hydrogens is 155 g/mol. The maximum absolute atomic E-state index is 9.48. The minimum atomic E-state index is -0.241. The van der Waals surface area contributed by atoms with E-state index in [0.717, 1.165) is 11.3 Å². The number of aliphatic hydroxyl groups excluding tert-OH is 1. The van der Waals surface area contributed by atoms with Crippen LogP contribution in [-0.2, 0) is 0 Å². The average Bonchev–Trinajstić information content (AvgIpc) is 2.33. The van der Waals surface area contributed by atoms with Crippen LogP contribution in [0.5, 0.6) is 0 Å². The Labute approximate surface area is 71.2 Å². The maximum Gasteiger partial charge on any atom is 0.139 e. The summed E-state index contributed by atoms with van der Waals surface area (Å²) >= 11 is 1.73. The minimum Gasteiger partial charge on any atom is -0.387 e. The fourth-order valence-corrected chi connectivity index (χ4v) is 2.36. The van der Waals surface area contributed by atoms with Gasteiger partial charge in [-0.1, -0.05) is 17.6 Å². The van der Waals surface area contributed by atoms with Crippen molar-refractivity contribution < 1.29 is 5.11 Å². The molecule has 1 aliphatic heterocycles. The van der Waals surface area contributed by atoms with Gasteiger partial charge in [-0.25, -0.2) is 0 Å². The van der Waals surface area contributed by atoms with Crippen LogP contribution in [0.1, 0.15) is 11.7 Å². The Morgan fingerprint density at radius 2 is 2.36 bits per heavy atom. The molecule has 0 aromatic heterocycles. The van der Waals surface area contributed by atoms with E-state index in [-0.39, 0.29) is 6.10 Å². The van der Waals surface area contributed by atoms with Crippen molar-refractivity contribution in [2.45, 2.75) is 11.0 Å². The molecule has 0 saturated heterocycles. The minimum absolute atomic E-state index is 0.241. The van der Waals surface area contributed by atoms with Crippen molar-refractivity contribution in [3.63, 3.8) is 0 Å². The molecular formula is C8H9BOS. The lowest BCUT2D eigenvalue weighted by molar-refractivity contribution is 0.205. The maximum atomic E-state index is 9.48. The first-order valence-electron chi connectivity index (χ1n) is 3.69. The van der Waals surface area contributed by atoms with E-state index in [4.69, 9.17) is 0 Å². The van der Waals surface area contributed by atoms with Crippen LogP contribution < -0.4 is 5.46 Å². The summed E-state index contributed by atoms with van der Waals surface area (Å²) in [4.78, 5) is 1.24. The number of rotatable bonds is 0. The number of thioether (sulfide) groups is 1. The number of hydrogen-bond donors (Lipinski definition) is 1. The Hall–Kier alpha value is -0.405. The molecule has 1 aromatic carbocycles. The van der Waals surface area contributed by atoms with Gasteiger partial charge in [0.25, 0.3) is 0 Å². The van der Waals surface area contributed by atoms with Crippen LogP contribution >= 0.6 is 11.8 Å². The van der Waals surface area contributed by atoms with Crippen LogP contribution in [0.4, 0.5) is 0 Å². The lowest BCUT2D eigenvalue weighted by atomic mass is 9.93. The molecule has 1 aliphatic rings. The molecule has 0 amide bonds. The third-order valence-electron chi connectivity index (χ3n) is 1.92. The Kier molecular flexibility index (Phi) is 1.70. The summed E-state index contributed by atoms with van der Waals surface area (Å²) in [5, 5.41) is 9.48. The van der Waals surface area contributed by atoms with Crippen molar-refractivity contribution in [1.29, 1.82) is 0 Å². The highest BCUT2D eigenvalue weighted by Crippen LogP contribution is 2.36. The highest BCUT2D eigenvalue weighted by molar-refractivity contribution is 7.99. The zero-order valence-corrected chi connectivity index (χ0v) is 7.19. The van der Waals surface area contributed by atoms with Crippen molar-refractivity contribution in [1.82, 2.24) is 0 Å². The predicted octanol–water partition coefficient (Wildman–Crippen LogP) is 0.0841. The zero-order chi connectivity index (χ0) is 7.84. The number of aliphatic hydroxyl groups is 1. The highest BCUT2D eigenvalue weighted by atomic mass is 32.2. The second kappa shape index (κ2) is 2.57. The van der Waals surface area contributed by atoms with Gasteiger partial charge < -0.3 is 5.11 Å². The molecule has 0 saturated carbocycles. The third kappa shape index (κ3) is 1.19. The molecule has 3 heteroatoms. The first kappa shape index (κ1) is 7.26. The van der Waals surface area contributed by atoms with Gasteiger partial charge in [-0.15, -0.1) is 11.8 Å². The Balaban J connectivity index is 2.52. The summed E-state index contributed by atoms with van der Waals surface area (Å²) in [6.45, 7) is 0. The zero-order valence-electron chi connectivity index (χ0n) is 6.37. The van der Waals surface area contributed by atoms with Crippen LogP contribution in [0, 0.1) is 0 Å². The van der Waals surface area contributed by atoms with E-state index < -0.39 is 0 Å². The molecule has 1 unspecified atom stereocenters. The first-order chi connectivity index (χ1) is 5.27. The first-order valence-corrected chi connectivity index (χ1v) is 4.67. The van der Waals surface area contributed by atoms with Gasteiger partial charge in [-0.2, -0.15) is 0 Å². The van der Waals surface area contributed by atoms with E-state index >= 15 is 0 Å². The fourth-order valence-electron chi connectivity index (χ4n) is 1.32. The Morgan fingerprint density at radius 3 is 3.18 bits per heavy atom. The molecule has 11 heavy (non-hydrogen) atoms. The van der Waals surface area contributed by atoms with E-state index in [2.05, 4.69) is 26.0 Å². The molecule has 0 spiro atoms. The van der Waals surface area contributed by atoms with Gasteiger partial charge in [-0.05, 0) is 11.6 Å². The Bertz CT molecular complexity index is 287. The lowest BCUT2D eigenvalue weighted by Gasteiger charge is -2.02. The van der Waals surface area contributed by atoms with E-state index in [0.29, 0.717) is 0 Å². The van der Waals surface area contributed by atoms with Crippen LogP contribution in [0.3, 0.4) is 0 Å². The third-order valence-corrected chi connectivity index (χ3v) is 3.09. The normalized spacial score (nSPS) is 21.7. The van der Waals surface area contributed by atoms with Crippen LogP contribution in [0.2, 0.25) is 0 Å². The highest BCUT2D eigenvalue weighted by Gasteiger charge is 2.19. The van der Waals surface area contributed by atoms with Gasteiger partial charge in [0.05, 0.1) is 6.10 Å². The summed E-state index contributed by atoms with van der Waals surface area (Å²) in [6, 6.07) is 6.25. The quantitative estimate of drug-likeness (QED) is 0.548. The summed E-state index contributed by atoms with van der Waals surface area (Å²) in [7, 11) is 2.05. The van der Waals surface area contributed by atoms with E-state index in [1.54, 1.807) is 11.8 Å². The fraction of sp³-hybridized carbons (Fsp3) is 0.250. The molecule has 0 aliphatic carbocycles. The number of hydrogen-bond acceptors (Lipinski definition) is 2. The molecule has 56 valence electrons. The van der Waals surface area contributed by atoms with Crippen molar-refractivity contribution in [2.24, 2.45) is 0 Å². The summed E-state index contributed by atoms with van der Waals surface area (Å²) in [6.07, 6.45) is -0.241. The molecule has 2 rings (SSSR count). The van der Waals surface area contributed by atoms with Crippen molar-refractivity contribution in [3.8, 4) is 0 Å². The molecule has 0 fully saturated rings. The van der Waals surface area contributed by atoms with Crippen molar-refractivity contribution in [3.05, 3.63) is 23.8 Å². The standard InChI is InChI=1S/C8H9BOS/c9-5-1-2-8-6(3-5)7(10)4-11-8/h1-3,7,10H,4,9H2. The van der Waals surface area contributed by atoms with E-state index in [1.807, 2.05) is 0 Å². The van der Waals surface area contributed by atoms with Crippen LogP contribution in [-0.4, -0.2) is 18.7 Å². The van der Waals surface area contributed by atoms with Crippen molar-refractivity contribution >= 4 is 25.1 Å². The molecule has 1 heterocycles. The van der Waals surface area contributed by atoms with Crippen LogP contribution in [0.25, 0.3) is 0 Å². The number of benzene rings is 1. The smallest absolute Gasteiger partial charge is 0.139 e. The van der Waals surface area contributed by atoms with E-state index in [9.17, 15) is 5.11 Å². The van der Waals surface area contributed by atoms with Crippen molar-refractivity contribution in [2.75, 3.05) is 5.75 Å². The molecule has 1 nitrogen and oxygen atoms in total. The molecule has 0 radical (unpaired) electrons. The van der Waals surface area contributed by atoms with E-state index in [1.165, 1.54) is 10.4 Å². The summed E-state index contributed by atoms with van der Waals surface area (Å²) < 4.78 is 0. The number of fused-ring (bicyclic) bond motifs is 1. The van der Waals surface area contributed by atoms with Gasteiger partial charge >= 0.3 is 0 Å². The van der Waals surface area contributed by atoms with Gasteiger partial charge in [0.15, 0.2) is 0 Å². The topological polar surface area (TPSA) is 20.2 Å². The average molecular weight is 164 g/mol. The Morgan fingerprint density at radius 1 is 1.55 bits per heavy atom. The predicted molar refractivity (Wildman–Crippen MR) is 50.3 cm³/mol. The summed E-state index contributed by atoms with van der Waals surface area (Å²) in [5.41, 5.74) is 2.33. The second-order valence-corrected chi connectivity index (χ2v) is 3.93. The van der Waals surface area contributed by atoms with Gasteiger partial charge in [0.2, 0.25) is 0 Å². The van der Waals surface area contributed by atoms with Gasteiger partial charge in [0, 0.05) is 10.6 Å².